The summed E-state index contributed by atoms with van der Waals surface area (Å²) in [7, 11) is -4.09. The highest BCUT2D eigenvalue weighted by atomic mass is 32.2. The van der Waals surface area contributed by atoms with Crippen LogP contribution in [0.15, 0.2) is 77.7 Å². The van der Waals surface area contributed by atoms with Crippen molar-refractivity contribution in [2.24, 2.45) is 0 Å². The Bertz CT molecular complexity index is 1480. The van der Waals surface area contributed by atoms with Gasteiger partial charge in [-0.2, -0.15) is 0 Å². The summed E-state index contributed by atoms with van der Waals surface area (Å²) in [6, 6.07) is 21.0. The van der Waals surface area contributed by atoms with E-state index in [1.54, 1.807) is 43.3 Å². The van der Waals surface area contributed by atoms with Gasteiger partial charge in [0, 0.05) is 12.6 Å². The molecule has 1 atom stereocenters. The molecule has 1 fully saturated rings. The van der Waals surface area contributed by atoms with Gasteiger partial charge in [-0.25, -0.2) is 8.42 Å². The van der Waals surface area contributed by atoms with E-state index in [-0.39, 0.29) is 23.4 Å². The lowest BCUT2D eigenvalue weighted by Gasteiger charge is -2.33. The summed E-state index contributed by atoms with van der Waals surface area (Å²) < 4.78 is 29.4. The molecule has 0 heterocycles. The van der Waals surface area contributed by atoms with Crippen LogP contribution in [0.4, 0.5) is 5.69 Å². The second kappa shape index (κ2) is 14.0. The molecule has 0 aliphatic heterocycles. The van der Waals surface area contributed by atoms with Crippen molar-refractivity contribution in [3.05, 3.63) is 95.1 Å². The summed E-state index contributed by atoms with van der Waals surface area (Å²) >= 11 is 0. The van der Waals surface area contributed by atoms with Crippen molar-refractivity contribution in [3.63, 3.8) is 0 Å². The van der Waals surface area contributed by atoms with E-state index in [4.69, 9.17) is 0 Å². The molecule has 0 saturated heterocycles. The van der Waals surface area contributed by atoms with Crippen LogP contribution >= 0.6 is 0 Å². The van der Waals surface area contributed by atoms with Gasteiger partial charge in [-0.05, 0) is 69.4 Å². The minimum atomic E-state index is -4.09. The molecule has 0 unspecified atom stereocenters. The zero-order chi connectivity index (χ0) is 30.3. The lowest BCUT2D eigenvalue weighted by atomic mass is 9.95. The van der Waals surface area contributed by atoms with E-state index < -0.39 is 28.5 Å². The molecule has 0 spiro atoms. The summed E-state index contributed by atoms with van der Waals surface area (Å²) in [5, 5.41) is 3.15. The van der Waals surface area contributed by atoms with Gasteiger partial charge in [0.05, 0.1) is 10.6 Å². The number of para-hydroxylation sites is 1. The van der Waals surface area contributed by atoms with Crippen LogP contribution in [0.3, 0.4) is 0 Å². The van der Waals surface area contributed by atoms with E-state index >= 15 is 0 Å². The van der Waals surface area contributed by atoms with Crippen molar-refractivity contribution < 1.29 is 18.0 Å². The molecular formula is C34H43N3O4S. The lowest BCUT2D eigenvalue weighted by molar-refractivity contribution is -0.139. The maximum Gasteiger partial charge on any atom is 0.264 e. The molecule has 1 aliphatic rings. The molecule has 1 N–H and O–H groups in total. The molecule has 224 valence electrons. The molecule has 0 radical (unpaired) electrons. The first-order valence-electron chi connectivity index (χ1n) is 14.9. The van der Waals surface area contributed by atoms with Gasteiger partial charge in [0.1, 0.15) is 12.6 Å². The fourth-order valence-corrected chi connectivity index (χ4v) is 7.01. The predicted octanol–water partition coefficient (Wildman–Crippen LogP) is 5.93. The first kappa shape index (κ1) is 31.3. The van der Waals surface area contributed by atoms with E-state index in [2.05, 4.69) is 5.32 Å². The van der Waals surface area contributed by atoms with Crippen LogP contribution in [0, 0.1) is 13.8 Å². The van der Waals surface area contributed by atoms with Crippen LogP contribution in [-0.2, 0) is 32.6 Å². The zero-order valence-corrected chi connectivity index (χ0v) is 26.0. The topological polar surface area (TPSA) is 86.8 Å². The summed E-state index contributed by atoms with van der Waals surface area (Å²) in [5.74, 6) is -0.658. The van der Waals surface area contributed by atoms with E-state index in [9.17, 15) is 18.0 Å². The van der Waals surface area contributed by atoms with E-state index in [1.807, 2.05) is 57.2 Å². The van der Waals surface area contributed by atoms with E-state index in [0.29, 0.717) is 12.1 Å². The normalized spacial score (nSPS) is 14.7. The molecule has 4 rings (SSSR count). The summed E-state index contributed by atoms with van der Waals surface area (Å²) in [5.41, 5.74) is 4.13. The Balaban J connectivity index is 1.70. The SMILES string of the molecule is CCc1ccccc1N(CC(=O)N(Cc1cccc(C)c1)[C@@H](C)C(=O)NC1CCCCC1)S(=O)(=O)c1ccc(C)cc1. The average Bonchev–Trinajstić information content (AvgIpc) is 2.99. The number of aryl methyl sites for hydroxylation is 3. The Labute approximate surface area is 251 Å². The minimum absolute atomic E-state index is 0.0967. The van der Waals surface area contributed by atoms with Crippen LogP contribution in [0.5, 0.6) is 0 Å². The Morgan fingerprint density at radius 3 is 2.26 bits per heavy atom. The molecule has 1 saturated carbocycles. The van der Waals surface area contributed by atoms with Crippen molar-refractivity contribution in [2.75, 3.05) is 10.8 Å². The van der Waals surface area contributed by atoms with Gasteiger partial charge >= 0.3 is 0 Å². The number of nitrogens with one attached hydrogen (secondary N) is 1. The molecule has 0 bridgehead atoms. The predicted molar refractivity (Wildman–Crippen MR) is 168 cm³/mol. The minimum Gasteiger partial charge on any atom is -0.352 e. The highest BCUT2D eigenvalue weighted by Gasteiger charge is 2.34. The number of nitrogens with zero attached hydrogens (tertiary/aromatic N) is 2. The second-order valence-corrected chi connectivity index (χ2v) is 13.2. The van der Waals surface area contributed by atoms with Crippen LogP contribution in [0.2, 0.25) is 0 Å². The molecular weight excluding hydrogens is 546 g/mol. The zero-order valence-electron chi connectivity index (χ0n) is 25.2. The monoisotopic (exact) mass is 589 g/mol. The third-order valence-electron chi connectivity index (χ3n) is 8.08. The van der Waals surface area contributed by atoms with E-state index in [0.717, 1.165) is 47.9 Å². The number of hydrogen-bond acceptors (Lipinski definition) is 4. The smallest absolute Gasteiger partial charge is 0.264 e. The number of hydrogen-bond donors (Lipinski definition) is 1. The van der Waals surface area contributed by atoms with E-state index in [1.165, 1.54) is 15.6 Å². The van der Waals surface area contributed by atoms with Crippen LogP contribution in [0.25, 0.3) is 0 Å². The van der Waals surface area contributed by atoms with Crippen LogP contribution in [0.1, 0.15) is 68.2 Å². The van der Waals surface area contributed by atoms with Gasteiger partial charge < -0.3 is 10.2 Å². The van der Waals surface area contributed by atoms with Gasteiger partial charge in [0.15, 0.2) is 0 Å². The third-order valence-corrected chi connectivity index (χ3v) is 9.86. The fourth-order valence-electron chi connectivity index (χ4n) is 5.56. The number of carbonyl (C=O) groups excluding carboxylic acids is 2. The van der Waals surface area contributed by atoms with Gasteiger partial charge in [0.25, 0.3) is 10.0 Å². The maximum atomic E-state index is 14.2. The molecule has 0 aromatic heterocycles. The molecule has 7 nitrogen and oxygen atoms in total. The lowest BCUT2D eigenvalue weighted by Crippen LogP contribution is -2.53. The number of amides is 2. The summed E-state index contributed by atoms with van der Waals surface area (Å²) in [6.07, 6.45) is 5.78. The quantitative estimate of drug-likeness (QED) is 0.301. The van der Waals surface area contributed by atoms with Crippen LogP contribution < -0.4 is 9.62 Å². The Morgan fingerprint density at radius 2 is 1.60 bits per heavy atom. The molecule has 1 aliphatic carbocycles. The Kier molecular flexibility index (Phi) is 10.4. The average molecular weight is 590 g/mol. The molecule has 2 amide bonds. The third kappa shape index (κ3) is 7.59. The molecule has 42 heavy (non-hydrogen) atoms. The van der Waals surface area contributed by atoms with Gasteiger partial charge in [-0.1, -0.05) is 91.9 Å². The van der Waals surface area contributed by atoms with Crippen LogP contribution in [-0.4, -0.2) is 43.8 Å². The van der Waals surface area contributed by atoms with Crippen molar-refractivity contribution in [3.8, 4) is 0 Å². The largest absolute Gasteiger partial charge is 0.352 e. The number of anilines is 1. The molecule has 8 heteroatoms. The van der Waals surface area contributed by atoms with Gasteiger partial charge in [-0.3, -0.25) is 13.9 Å². The number of benzene rings is 3. The highest BCUT2D eigenvalue weighted by Crippen LogP contribution is 2.28. The Morgan fingerprint density at radius 1 is 0.905 bits per heavy atom. The van der Waals surface area contributed by atoms with Crippen molar-refractivity contribution in [1.29, 1.82) is 0 Å². The first-order chi connectivity index (χ1) is 20.1. The van der Waals surface area contributed by atoms with Crippen molar-refractivity contribution >= 4 is 27.5 Å². The molecule has 3 aromatic rings. The summed E-state index contributed by atoms with van der Waals surface area (Å²) in [6.45, 7) is 7.32. The highest BCUT2D eigenvalue weighted by molar-refractivity contribution is 7.92. The molecule has 3 aromatic carbocycles. The summed E-state index contributed by atoms with van der Waals surface area (Å²) in [4.78, 5) is 29.3. The van der Waals surface area contributed by atoms with Crippen molar-refractivity contribution in [1.82, 2.24) is 10.2 Å². The Hall–Kier alpha value is -3.65. The van der Waals surface area contributed by atoms with Crippen molar-refractivity contribution in [2.45, 2.75) is 89.7 Å². The fraction of sp³-hybridized carbons (Fsp3) is 0.412. The maximum absolute atomic E-state index is 14.2. The van der Waals surface area contributed by atoms with Gasteiger partial charge in [-0.15, -0.1) is 0 Å². The number of sulfonamides is 1. The number of rotatable bonds is 11. The standard InChI is InChI=1S/C34H43N3O4S/c1-5-29-14-9-10-17-32(29)37(42(40,41)31-20-18-25(2)19-21-31)24-33(38)36(23-28-13-11-12-26(3)22-28)27(4)34(39)35-30-15-7-6-8-16-30/h9-14,17-22,27,30H,5-8,15-16,23-24H2,1-4H3,(H,35,39)/t27-/m0/s1. The first-order valence-corrected chi connectivity index (χ1v) is 16.4. The number of carbonyl (C=O) groups is 2. The second-order valence-electron chi connectivity index (χ2n) is 11.3. The van der Waals surface area contributed by atoms with Gasteiger partial charge in [0.2, 0.25) is 11.8 Å².